The van der Waals surface area contributed by atoms with Crippen LogP contribution in [0.4, 0.5) is 5.69 Å². The summed E-state index contributed by atoms with van der Waals surface area (Å²) in [6.45, 7) is 0. The molecule has 3 heterocycles. The van der Waals surface area contributed by atoms with Crippen molar-refractivity contribution in [1.82, 2.24) is 20.0 Å². The van der Waals surface area contributed by atoms with E-state index < -0.39 is 0 Å². The van der Waals surface area contributed by atoms with Gasteiger partial charge in [-0.3, -0.25) is 9.89 Å². The van der Waals surface area contributed by atoms with E-state index in [1.165, 1.54) is 0 Å². The Labute approximate surface area is 169 Å². The zero-order valence-electron chi connectivity index (χ0n) is 15.0. The van der Waals surface area contributed by atoms with Crippen LogP contribution in [0.2, 0.25) is 5.02 Å². The Morgan fingerprint density at radius 3 is 2.76 bits per heavy atom. The first kappa shape index (κ1) is 17.3. The Balaban J connectivity index is 1.53. The van der Waals surface area contributed by atoms with Crippen LogP contribution in [0.25, 0.3) is 28.0 Å². The van der Waals surface area contributed by atoms with Gasteiger partial charge in [-0.15, -0.1) is 0 Å². The van der Waals surface area contributed by atoms with E-state index in [0.717, 1.165) is 16.6 Å². The van der Waals surface area contributed by atoms with Crippen LogP contribution in [0.3, 0.4) is 0 Å². The lowest BCUT2D eigenvalue weighted by molar-refractivity contribution is 0.102. The molecule has 0 spiro atoms. The molecule has 2 aromatic carbocycles. The molecule has 0 bridgehead atoms. The molecule has 0 radical (unpaired) electrons. The fourth-order valence-electron chi connectivity index (χ4n) is 3.10. The number of nitrogens with zero attached hydrogens (tertiary/aromatic N) is 3. The normalized spacial score (nSPS) is 11.1. The van der Waals surface area contributed by atoms with Crippen molar-refractivity contribution in [2.45, 2.75) is 0 Å². The van der Waals surface area contributed by atoms with Gasteiger partial charge in [-0.2, -0.15) is 10.2 Å². The zero-order valence-corrected chi connectivity index (χ0v) is 15.7. The summed E-state index contributed by atoms with van der Waals surface area (Å²) in [6.07, 6.45) is 3.32. The number of aromatic amines is 1. The van der Waals surface area contributed by atoms with Crippen molar-refractivity contribution in [2.24, 2.45) is 0 Å². The van der Waals surface area contributed by atoms with Gasteiger partial charge >= 0.3 is 0 Å². The van der Waals surface area contributed by atoms with E-state index in [9.17, 15) is 4.79 Å². The predicted molar refractivity (Wildman–Crippen MR) is 110 cm³/mol. The number of para-hydroxylation sites is 1. The zero-order chi connectivity index (χ0) is 19.8. The summed E-state index contributed by atoms with van der Waals surface area (Å²) in [4.78, 5) is 12.9. The van der Waals surface area contributed by atoms with Crippen LogP contribution in [-0.2, 0) is 0 Å². The van der Waals surface area contributed by atoms with E-state index in [2.05, 4.69) is 20.6 Å². The molecule has 0 saturated heterocycles. The number of nitrogens with one attached hydrogen (secondary N) is 2. The van der Waals surface area contributed by atoms with E-state index in [1.807, 2.05) is 36.4 Å². The minimum absolute atomic E-state index is 0.239. The first-order chi connectivity index (χ1) is 14.2. The number of halogens is 1. The van der Waals surface area contributed by atoms with Crippen LogP contribution in [-0.4, -0.2) is 25.9 Å². The number of rotatable bonds is 4. The first-order valence-corrected chi connectivity index (χ1v) is 9.20. The smallest absolute Gasteiger partial charge is 0.276 e. The number of furan rings is 1. The third-order valence-electron chi connectivity index (χ3n) is 4.49. The van der Waals surface area contributed by atoms with Crippen LogP contribution in [0.15, 0.2) is 77.5 Å². The number of hydrogen-bond acceptors (Lipinski definition) is 4. The maximum atomic E-state index is 12.9. The molecule has 0 aliphatic carbocycles. The topological polar surface area (TPSA) is 88.7 Å². The van der Waals surface area contributed by atoms with Crippen molar-refractivity contribution in [3.63, 3.8) is 0 Å². The lowest BCUT2D eigenvalue weighted by atomic mass is 10.2. The molecular weight excluding hydrogens is 390 g/mol. The average Bonchev–Trinajstić information content (AvgIpc) is 3.48. The molecule has 0 saturated carbocycles. The molecule has 7 nitrogen and oxygen atoms in total. The summed E-state index contributed by atoms with van der Waals surface area (Å²) in [7, 11) is 0. The summed E-state index contributed by atoms with van der Waals surface area (Å²) in [5.41, 5.74) is 2.93. The first-order valence-electron chi connectivity index (χ1n) is 8.83. The number of anilines is 1. The number of carbonyl (C=O) groups excluding carboxylic acids is 1. The maximum absolute atomic E-state index is 12.9. The van der Waals surface area contributed by atoms with Gasteiger partial charge in [0, 0.05) is 17.6 Å². The van der Waals surface area contributed by atoms with Gasteiger partial charge in [0.2, 0.25) is 0 Å². The van der Waals surface area contributed by atoms with E-state index >= 15 is 0 Å². The number of carbonyl (C=O) groups is 1. The SMILES string of the molecule is O=C(Nc1cc2c[nH]nc2cc1Cl)c1cc(-c2ccco2)n(-c2ccccc2)n1. The summed E-state index contributed by atoms with van der Waals surface area (Å²) >= 11 is 6.30. The molecule has 5 aromatic rings. The molecule has 5 rings (SSSR count). The Morgan fingerprint density at radius 1 is 1.10 bits per heavy atom. The van der Waals surface area contributed by atoms with Gasteiger partial charge in [0.15, 0.2) is 11.5 Å². The summed E-state index contributed by atoms with van der Waals surface area (Å²) in [6, 6.07) is 18.3. The molecule has 0 atom stereocenters. The van der Waals surface area contributed by atoms with Crippen LogP contribution in [0.1, 0.15) is 10.5 Å². The van der Waals surface area contributed by atoms with Gasteiger partial charge < -0.3 is 9.73 Å². The Morgan fingerprint density at radius 2 is 1.97 bits per heavy atom. The average molecular weight is 404 g/mol. The van der Waals surface area contributed by atoms with Gasteiger partial charge in [0.1, 0.15) is 5.69 Å². The van der Waals surface area contributed by atoms with Gasteiger partial charge in [-0.25, -0.2) is 4.68 Å². The van der Waals surface area contributed by atoms with Gasteiger partial charge in [0.05, 0.1) is 28.2 Å². The second-order valence-corrected chi connectivity index (χ2v) is 6.78. The molecule has 1 amide bonds. The van der Waals surface area contributed by atoms with Crippen LogP contribution < -0.4 is 5.32 Å². The van der Waals surface area contributed by atoms with Crippen molar-refractivity contribution in [3.05, 3.63) is 83.8 Å². The minimum atomic E-state index is -0.378. The van der Waals surface area contributed by atoms with Crippen molar-refractivity contribution < 1.29 is 9.21 Å². The van der Waals surface area contributed by atoms with Gasteiger partial charge in [0.25, 0.3) is 5.91 Å². The highest BCUT2D eigenvalue weighted by molar-refractivity contribution is 6.34. The number of fused-ring (bicyclic) bond motifs is 1. The van der Waals surface area contributed by atoms with Crippen LogP contribution in [0.5, 0.6) is 0 Å². The van der Waals surface area contributed by atoms with E-state index in [0.29, 0.717) is 22.2 Å². The van der Waals surface area contributed by atoms with Crippen molar-refractivity contribution in [1.29, 1.82) is 0 Å². The van der Waals surface area contributed by atoms with E-state index in [4.69, 9.17) is 16.0 Å². The van der Waals surface area contributed by atoms with E-state index in [-0.39, 0.29) is 11.6 Å². The van der Waals surface area contributed by atoms with Gasteiger partial charge in [-0.05, 0) is 36.4 Å². The molecule has 29 heavy (non-hydrogen) atoms. The van der Waals surface area contributed by atoms with E-state index in [1.54, 1.807) is 41.4 Å². The second kappa shape index (κ2) is 6.96. The molecule has 142 valence electrons. The lowest BCUT2D eigenvalue weighted by Crippen LogP contribution is -2.13. The largest absolute Gasteiger partial charge is 0.463 e. The minimum Gasteiger partial charge on any atom is -0.463 e. The third kappa shape index (κ3) is 3.17. The summed E-state index contributed by atoms with van der Waals surface area (Å²) < 4.78 is 7.20. The number of H-pyrrole nitrogens is 1. The maximum Gasteiger partial charge on any atom is 0.276 e. The van der Waals surface area contributed by atoms with Gasteiger partial charge in [-0.1, -0.05) is 29.8 Å². The molecule has 0 unspecified atom stereocenters. The molecule has 3 aromatic heterocycles. The summed E-state index contributed by atoms with van der Waals surface area (Å²) in [5.74, 6) is 0.232. The third-order valence-corrected chi connectivity index (χ3v) is 4.80. The van der Waals surface area contributed by atoms with Crippen LogP contribution in [0, 0.1) is 0 Å². The fraction of sp³-hybridized carbons (Fsp3) is 0. The monoisotopic (exact) mass is 403 g/mol. The Bertz CT molecular complexity index is 1310. The summed E-state index contributed by atoms with van der Waals surface area (Å²) in [5, 5.41) is 15.4. The molecule has 0 aliphatic rings. The van der Waals surface area contributed by atoms with Crippen LogP contribution >= 0.6 is 11.6 Å². The second-order valence-electron chi connectivity index (χ2n) is 6.37. The Kier molecular flexibility index (Phi) is 4.14. The highest BCUT2D eigenvalue weighted by Crippen LogP contribution is 2.29. The fourth-order valence-corrected chi connectivity index (χ4v) is 3.31. The molecule has 0 aliphatic heterocycles. The lowest BCUT2D eigenvalue weighted by Gasteiger charge is -2.06. The van der Waals surface area contributed by atoms with Crippen molar-refractivity contribution >= 4 is 34.1 Å². The Hall–Kier alpha value is -3.84. The molecule has 2 N–H and O–H groups in total. The molecule has 0 fully saturated rings. The number of amides is 1. The highest BCUT2D eigenvalue weighted by atomic mass is 35.5. The quantitative estimate of drug-likeness (QED) is 0.446. The standard InChI is InChI=1S/C21H14ClN5O2/c22-15-10-16-13(12-23-25-16)9-17(15)24-21(28)18-11-19(20-7-4-8-29-20)27(26-18)14-5-2-1-3-6-14/h1-12H,(H,23,25)(H,24,28). The number of aromatic nitrogens is 4. The number of hydrogen-bond donors (Lipinski definition) is 2. The molecule has 8 heteroatoms. The number of benzene rings is 2. The highest BCUT2D eigenvalue weighted by Gasteiger charge is 2.19. The predicted octanol–water partition coefficient (Wildman–Crippen LogP) is 4.91. The molecular formula is C21H14ClN5O2. The van der Waals surface area contributed by atoms with Crippen molar-refractivity contribution in [2.75, 3.05) is 5.32 Å². The van der Waals surface area contributed by atoms with Crippen molar-refractivity contribution in [3.8, 4) is 17.1 Å².